The average Bonchev–Trinajstić information content (AvgIpc) is 2.65. The molecule has 2 rings (SSSR count). The van der Waals surface area contributed by atoms with Gasteiger partial charge in [0.1, 0.15) is 0 Å². The number of nitrogens with zero attached hydrogens (tertiary/aromatic N) is 1. The van der Waals surface area contributed by atoms with E-state index < -0.39 is 20.4 Å². The van der Waals surface area contributed by atoms with Crippen LogP contribution in [0.25, 0.3) is 0 Å². The summed E-state index contributed by atoms with van der Waals surface area (Å²) in [5.74, 6) is -0.210. The van der Waals surface area contributed by atoms with E-state index in [0.717, 1.165) is 24.3 Å². The van der Waals surface area contributed by atoms with Gasteiger partial charge >= 0.3 is 0 Å². The van der Waals surface area contributed by atoms with Gasteiger partial charge in [-0.3, -0.25) is 14.9 Å². The van der Waals surface area contributed by atoms with E-state index >= 15 is 0 Å². The van der Waals surface area contributed by atoms with Gasteiger partial charge in [-0.05, 0) is 25.0 Å². The van der Waals surface area contributed by atoms with Gasteiger partial charge < -0.3 is 15.8 Å². The first-order valence-electron chi connectivity index (χ1n) is 8.11. The van der Waals surface area contributed by atoms with Gasteiger partial charge in [-0.25, -0.2) is 13.1 Å². The van der Waals surface area contributed by atoms with Crippen LogP contribution in [0.4, 0.5) is 5.69 Å². The van der Waals surface area contributed by atoms with Gasteiger partial charge in [-0.15, -0.1) is 0 Å². The minimum Gasteiger partial charge on any atom is -0.381 e. The van der Waals surface area contributed by atoms with Crippen molar-refractivity contribution >= 4 is 21.6 Å². The molecule has 0 radical (unpaired) electrons. The summed E-state index contributed by atoms with van der Waals surface area (Å²) >= 11 is 0. The molecule has 0 aliphatic carbocycles. The van der Waals surface area contributed by atoms with Crippen LogP contribution in [0.3, 0.4) is 0 Å². The molecular formula is C15H22N4O6S. The first-order chi connectivity index (χ1) is 12.3. The predicted molar refractivity (Wildman–Crippen MR) is 92.8 cm³/mol. The lowest BCUT2D eigenvalue weighted by Crippen LogP contribution is -2.50. The van der Waals surface area contributed by atoms with Crippen LogP contribution in [-0.4, -0.2) is 52.1 Å². The minimum absolute atomic E-state index is 0.0117. The molecule has 1 aromatic rings. The van der Waals surface area contributed by atoms with Crippen molar-refractivity contribution in [1.29, 1.82) is 0 Å². The van der Waals surface area contributed by atoms with Crippen molar-refractivity contribution in [1.82, 2.24) is 10.0 Å². The van der Waals surface area contributed by atoms with Crippen molar-refractivity contribution in [3.05, 3.63) is 34.4 Å². The van der Waals surface area contributed by atoms with Crippen LogP contribution < -0.4 is 15.8 Å². The molecule has 0 bridgehead atoms. The molecule has 1 saturated heterocycles. The number of nitrogens with two attached hydrogens (primary N) is 1. The van der Waals surface area contributed by atoms with E-state index in [9.17, 15) is 23.3 Å². The van der Waals surface area contributed by atoms with E-state index in [1.54, 1.807) is 0 Å². The molecule has 1 aliphatic rings. The zero-order valence-corrected chi connectivity index (χ0v) is 15.0. The number of carbonyl (C=O) groups is 1. The summed E-state index contributed by atoms with van der Waals surface area (Å²) in [4.78, 5) is 22.3. The molecular weight excluding hydrogens is 364 g/mol. The molecule has 0 aromatic heterocycles. The quantitative estimate of drug-likeness (QED) is 0.316. The molecule has 0 spiro atoms. The summed E-state index contributed by atoms with van der Waals surface area (Å²) in [7, 11) is -3.81. The third-order valence-corrected chi connectivity index (χ3v) is 5.86. The Kier molecular flexibility index (Phi) is 6.64. The molecule has 1 fully saturated rings. The number of nitro groups is 1. The molecule has 0 unspecified atom stereocenters. The molecule has 11 heteroatoms. The Balaban J connectivity index is 1.86. The smallest absolute Gasteiger partial charge is 0.269 e. The zero-order valence-electron chi connectivity index (χ0n) is 14.1. The normalized spacial score (nSPS) is 16.8. The van der Waals surface area contributed by atoms with Gasteiger partial charge in [0.25, 0.3) is 5.69 Å². The molecule has 0 atom stereocenters. The SMILES string of the molecule is NCC1(C(=O)NCCNS(=O)(=O)c2ccc([N+](=O)[O-])cc2)CCOCC1. The van der Waals surface area contributed by atoms with Crippen LogP contribution in [0.5, 0.6) is 0 Å². The second kappa shape index (κ2) is 8.54. The van der Waals surface area contributed by atoms with Gasteiger partial charge in [0.15, 0.2) is 0 Å². The molecule has 26 heavy (non-hydrogen) atoms. The minimum atomic E-state index is -3.81. The van der Waals surface area contributed by atoms with Crippen LogP contribution in [-0.2, 0) is 19.6 Å². The number of amides is 1. The Bertz CT molecular complexity index is 744. The predicted octanol–water partition coefficient (Wildman–Crippen LogP) is -0.255. The monoisotopic (exact) mass is 386 g/mol. The van der Waals surface area contributed by atoms with E-state index in [0.29, 0.717) is 26.1 Å². The van der Waals surface area contributed by atoms with Crippen molar-refractivity contribution in [3.8, 4) is 0 Å². The molecule has 1 heterocycles. The maximum atomic E-state index is 12.4. The number of sulfonamides is 1. The van der Waals surface area contributed by atoms with E-state index in [2.05, 4.69) is 10.0 Å². The second-order valence-electron chi connectivity index (χ2n) is 6.00. The van der Waals surface area contributed by atoms with Gasteiger partial charge in [0.05, 0.1) is 15.2 Å². The fraction of sp³-hybridized carbons (Fsp3) is 0.533. The number of ether oxygens (including phenoxy) is 1. The van der Waals surface area contributed by atoms with Crippen molar-refractivity contribution in [2.24, 2.45) is 11.1 Å². The van der Waals surface area contributed by atoms with Gasteiger partial charge in [0, 0.05) is 45.0 Å². The van der Waals surface area contributed by atoms with E-state index in [4.69, 9.17) is 10.5 Å². The molecule has 0 saturated carbocycles. The average molecular weight is 386 g/mol. The molecule has 10 nitrogen and oxygen atoms in total. The number of nitrogens with one attached hydrogen (secondary N) is 2. The first-order valence-corrected chi connectivity index (χ1v) is 9.59. The number of non-ortho nitro benzene ring substituents is 1. The Morgan fingerprint density at radius 2 is 1.85 bits per heavy atom. The number of hydrogen-bond donors (Lipinski definition) is 3. The molecule has 144 valence electrons. The highest BCUT2D eigenvalue weighted by molar-refractivity contribution is 7.89. The standard InChI is InChI=1S/C15H22N4O6S/c16-11-15(5-9-25-10-6-15)14(20)17-7-8-18-26(23,24)13-3-1-12(2-4-13)19(21)22/h1-4,18H,5-11,16H2,(H,17,20). The molecule has 1 amide bonds. The van der Waals surface area contributed by atoms with Crippen molar-refractivity contribution in [2.45, 2.75) is 17.7 Å². The van der Waals surface area contributed by atoms with Crippen molar-refractivity contribution in [2.75, 3.05) is 32.8 Å². The highest BCUT2D eigenvalue weighted by Gasteiger charge is 2.38. The summed E-state index contributed by atoms with van der Waals surface area (Å²) in [6.45, 7) is 1.24. The molecule has 1 aliphatic heterocycles. The Morgan fingerprint density at radius 3 is 2.38 bits per heavy atom. The topological polar surface area (TPSA) is 154 Å². The third kappa shape index (κ3) is 4.75. The van der Waals surface area contributed by atoms with Gasteiger partial charge in [0.2, 0.25) is 15.9 Å². The largest absolute Gasteiger partial charge is 0.381 e. The number of rotatable bonds is 8. The van der Waals surface area contributed by atoms with Crippen molar-refractivity contribution < 1.29 is 22.9 Å². The maximum Gasteiger partial charge on any atom is 0.269 e. The Labute approximate surface area is 151 Å². The summed E-state index contributed by atoms with van der Waals surface area (Å²) in [5.41, 5.74) is 4.88. The van der Waals surface area contributed by atoms with Crippen LogP contribution in [0.15, 0.2) is 29.2 Å². The number of benzene rings is 1. The van der Waals surface area contributed by atoms with E-state index in [1.807, 2.05) is 0 Å². The molecule has 4 N–H and O–H groups in total. The number of carbonyl (C=O) groups excluding carboxylic acids is 1. The second-order valence-corrected chi connectivity index (χ2v) is 7.77. The lowest BCUT2D eigenvalue weighted by atomic mass is 9.79. The fourth-order valence-electron chi connectivity index (χ4n) is 2.67. The summed E-state index contributed by atoms with van der Waals surface area (Å²) in [6.07, 6.45) is 1.06. The number of nitro benzene ring substituents is 1. The summed E-state index contributed by atoms with van der Waals surface area (Å²) in [6, 6.07) is 4.55. The van der Waals surface area contributed by atoms with Crippen LogP contribution >= 0.6 is 0 Å². The Morgan fingerprint density at radius 1 is 1.23 bits per heavy atom. The summed E-state index contributed by atoms with van der Waals surface area (Å²) < 4.78 is 31.9. The summed E-state index contributed by atoms with van der Waals surface area (Å²) in [5, 5.41) is 13.3. The molecule has 1 aromatic carbocycles. The van der Waals surface area contributed by atoms with Crippen LogP contribution in [0.2, 0.25) is 0 Å². The lowest BCUT2D eigenvalue weighted by molar-refractivity contribution is -0.384. The Hall–Kier alpha value is -2.08. The highest BCUT2D eigenvalue weighted by Crippen LogP contribution is 2.29. The van der Waals surface area contributed by atoms with Gasteiger partial charge in [-0.2, -0.15) is 0 Å². The van der Waals surface area contributed by atoms with Gasteiger partial charge in [-0.1, -0.05) is 0 Å². The lowest BCUT2D eigenvalue weighted by Gasteiger charge is -2.34. The first kappa shape index (κ1) is 20.2. The van der Waals surface area contributed by atoms with E-state index in [-0.39, 0.29) is 36.1 Å². The van der Waals surface area contributed by atoms with Crippen LogP contribution in [0, 0.1) is 15.5 Å². The van der Waals surface area contributed by atoms with Crippen LogP contribution in [0.1, 0.15) is 12.8 Å². The van der Waals surface area contributed by atoms with Crippen molar-refractivity contribution in [3.63, 3.8) is 0 Å². The third-order valence-electron chi connectivity index (χ3n) is 4.38. The van der Waals surface area contributed by atoms with E-state index in [1.165, 1.54) is 0 Å². The maximum absolute atomic E-state index is 12.4. The zero-order chi connectivity index (χ0) is 19.2. The number of hydrogen-bond acceptors (Lipinski definition) is 7. The highest BCUT2D eigenvalue weighted by atomic mass is 32.2. The fourth-order valence-corrected chi connectivity index (χ4v) is 3.70.